The van der Waals surface area contributed by atoms with E-state index >= 15 is 0 Å². The summed E-state index contributed by atoms with van der Waals surface area (Å²) in [5.74, 6) is 1.93. The molecule has 0 bridgehead atoms. The molecular formula is C17H27NO. The average molecular weight is 261 g/mol. The lowest BCUT2D eigenvalue weighted by atomic mass is 9.87. The van der Waals surface area contributed by atoms with Gasteiger partial charge in [-0.3, -0.25) is 0 Å². The topological polar surface area (TPSA) is 21.3 Å². The van der Waals surface area contributed by atoms with Gasteiger partial charge < -0.3 is 10.1 Å². The summed E-state index contributed by atoms with van der Waals surface area (Å²) in [7, 11) is 0. The third-order valence-electron chi connectivity index (χ3n) is 4.19. The maximum atomic E-state index is 5.72. The van der Waals surface area contributed by atoms with Gasteiger partial charge in [-0.2, -0.15) is 0 Å². The molecule has 2 nitrogen and oxygen atoms in total. The second-order valence-corrected chi connectivity index (χ2v) is 5.82. The summed E-state index contributed by atoms with van der Waals surface area (Å²) in [6.45, 7) is 7.38. The normalized spacial score (nSPS) is 25.0. The summed E-state index contributed by atoms with van der Waals surface area (Å²) in [5, 5.41) is 3.77. The number of hydrogen-bond acceptors (Lipinski definition) is 2. The van der Waals surface area contributed by atoms with E-state index < -0.39 is 0 Å². The van der Waals surface area contributed by atoms with E-state index in [0.29, 0.717) is 12.1 Å². The van der Waals surface area contributed by atoms with Crippen molar-refractivity contribution in [3.05, 3.63) is 29.8 Å². The highest BCUT2D eigenvalue weighted by atomic mass is 16.5. The first-order valence-corrected chi connectivity index (χ1v) is 7.68. The summed E-state index contributed by atoms with van der Waals surface area (Å²) in [6.07, 6.45) is 5.33. The molecule has 1 saturated carbocycles. The molecule has 0 saturated heterocycles. The first kappa shape index (κ1) is 14.4. The molecule has 1 aliphatic rings. The molecule has 1 N–H and O–H groups in total. The van der Waals surface area contributed by atoms with Crippen LogP contribution in [0.5, 0.6) is 5.75 Å². The van der Waals surface area contributed by atoms with Gasteiger partial charge in [-0.05, 0) is 51.5 Å². The van der Waals surface area contributed by atoms with E-state index in [1.165, 1.54) is 31.2 Å². The van der Waals surface area contributed by atoms with Crippen LogP contribution in [0.3, 0.4) is 0 Å². The maximum absolute atomic E-state index is 5.72. The Balaban J connectivity index is 1.97. The fraction of sp³-hybridized carbons (Fsp3) is 0.647. The summed E-state index contributed by atoms with van der Waals surface area (Å²) in [4.78, 5) is 0. The monoisotopic (exact) mass is 261 g/mol. The zero-order valence-corrected chi connectivity index (χ0v) is 12.5. The van der Waals surface area contributed by atoms with Gasteiger partial charge in [0.1, 0.15) is 5.75 Å². The minimum Gasteiger partial charge on any atom is -0.494 e. The van der Waals surface area contributed by atoms with Gasteiger partial charge in [-0.15, -0.1) is 0 Å². The number of benzene rings is 1. The van der Waals surface area contributed by atoms with Crippen LogP contribution in [-0.2, 0) is 0 Å². The van der Waals surface area contributed by atoms with E-state index in [9.17, 15) is 0 Å². The Hall–Kier alpha value is -1.02. The highest BCUT2D eigenvalue weighted by molar-refractivity contribution is 5.35. The molecule has 0 radical (unpaired) electrons. The largest absolute Gasteiger partial charge is 0.494 e. The molecule has 0 spiro atoms. The molecule has 2 heteroatoms. The zero-order valence-electron chi connectivity index (χ0n) is 12.5. The first-order chi connectivity index (χ1) is 9.20. The minimum absolute atomic E-state index is 0.362. The number of para-hydroxylation sites is 1. The summed E-state index contributed by atoms with van der Waals surface area (Å²) in [5.41, 5.74) is 1.28. The Bertz CT molecular complexity index is 383. The second-order valence-electron chi connectivity index (χ2n) is 5.82. The SMILES string of the molecule is CCOc1ccccc1C(C)NC1CCC(C)CC1. The maximum Gasteiger partial charge on any atom is 0.124 e. The lowest BCUT2D eigenvalue weighted by molar-refractivity contribution is 0.286. The average Bonchev–Trinajstić information content (AvgIpc) is 2.42. The van der Waals surface area contributed by atoms with E-state index in [4.69, 9.17) is 4.74 Å². The van der Waals surface area contributed by atoms with Crippen LogP contribution < -0.4 is 10.1 Å². The Morgan fingerprint density at radius 2 is 1.89 bits per heavy atom. The van der Waals surface area contributed by atoms with E-state index in [1.54, 1.807) is 0 Å². The molecule has 0 amide bonds. The van der Waals surface area contributed by atoms with Gasteiger partial charge >= 0.3 is 0 Å². The predicted molar refractivity (Wildman–Crippen MR) is 80.6 cm³/mol. The van der Waals surface area contributed by atoms with E-state index in [0.717, 1.165) is 18.3 Å². The van der Waals surface area contributed by atoms with Crippen molar-refractivity contribution in [2.24, 2.45) is 5.92 Å². The van der Waals surface area contributed by atoms with Crippen molar-refractivity contribution in [3.63, 3.8) is 0 Å². The standard InChI is InChI=1S/C17H27NO/c1-4-19-17-8-6-5-7-16(17)14(3)18-15-11-9-13(2)10-12-15/h5-8,13-15,18H,4,9-12H2,1-3H3. The van der Waals surface area contributed by atoms with Crippen LogP contribution in [-0.4, -0.2) is 12.6 Å². The molecule has 106 valence electrons. The fourth-order valence-corrected chi connectivity index (χ4v) is 3.00. The van der Waals surface area contributed by atoms with Gasteiger partial charge in [-0.1, -0.05) is 25.1 Å². The van der Waals surface area contributed by atoms with Crippen molar-refractivity contribution in [1.29, 1.82) is 0 Å². The van der Waals surface area contributed by atoms with Gasteiger partial charge in [-0.25, -0.2) is 0 Å². The summed E-state index contributed by atoms with van der Waals surface area (Å²) in [6, 6.07) is 9.42. The van der Waals surface area contributed by atoms with Gasteiger partial charge in [0.15, 0.2) is 0 Å². The Labute approximate surface area is 117 Å². The number of hydrogen-bond donors (Lipinski definition) is 1. The van der Waals surface area contributed by atoms with Crippen molar-refractivity contribution >= 4 is 0 Å². The van der Waals surface area contributed by atoms with E-state index in [1.807, 2.05) is 13.0 Å². The van der Waals surface area contributed by atoms with Crippen LogP contribution in [0, 0.1) is 5.92 Å². The third kappa shape index (κ3) is 3.97. The smallest absolute Gasteiger partial charge is 0.124 e. The number of rotatable bonds is 5. The molecule has 1 aromatic carbocycles. The molecule has 0 aromatic heterocycles. The molecule has 1 aromatic rings. The number of nitrogens with one attached hydrogen (secondary N) is 1. The Morgan fingerprint density at radius 1 is 1.21 bits per heavy atom. The molecule has 1 atom stereocenters. The predicted octanol–water partition coefficient (Wildman–Crippen LogP) is 4.31. The van der Waals surface area contributed by atoms with Crippen molar-refractivity contribution in [3.8, 4) is 5.75 Å². The van der Waals surface area contributed by atoms with Crippen molar-refractivity contribution < 1.29 is 4.74 Å². The fourth-order valence-electron chi connectivity index (χ4n) is 3.00. The highest BCUT2D eigenvalue weighted by Gasteiger charge is 2.21. The molecular weight excluding hydrogens is 234 g/mol. The zero-order chi connectivity index (χ0) is 13.7. The second kappa shape index (κ2) is 6.95. The lowest BCUT2D eigenvalue weighted by Gasteiger charge is -2.30. The highest BCUT2D eigenvalue weighted by Crippen LogP contribution is 2.28. The first-order valence-electron chi connectivity index (χ1n) is 7.68. The molecule has 0 aliphatic heterocycles. The van der Waals surface area contributed by atoms with Crippen LogP contribution in [0.1, 0.15) is 58.1 Å². The van der Waals surface area contributed by atoms with Gasteiger partial charge in [0, 0.05) is 17.6 Å². The van der Waals surface area contributed by atoms with Gasteiger partial charge in [0.05, 0.1) is 6.61 Å². The lowest BCUT2D eigenvalue weighted by Crippen LogP contribution is -2.34. The molecule has 19 heavy (non-hydrogen) atoms. The van der Waals surface area contributed by atoms with Crippen LogP contribution in [0.2, 0.25) is 0 Å². The molecule has 1 unspecified atom stereocenters. The van der Waals surface area contributed by atoms with E-state index in [-0.39, 0.29) is 0 Å². The van der Waals surface area contributed by atoms with Crippen LogP contribution in [0.25, 0.3) is 0 Å². The molecule has 0 heterocycles. The summed E-state index contributed by atoms with van der Waals surface area (Å²) >= 11 is 0. The van der Waals surface area contributed by atoms with Crippen LogP contribution in [0.15, 0.2) is 24.3 Å². The van der Waals surface area contributed by atoms with Crippen molar-refractivity contribution in [1.82, 2.24) is 5.32 Å². The van der Waals surface area contributed by atoms with Crippen molar-refractivity contribution in [2.75, 3.05) is 6.61 Å². The molecule has 1 aliphatic carbocycles. The minimum atomic E-state index is 0.362. The Kier molecular flexibility index (Phi) is 5.26. The summed E-state index contributed by atoms with van der Waals surface area (Å²) < 4.78 is 5.72. The third-order valence-corrected chi connectivity index (χ3v) is 4.19. The van der Waals surface area contributed by atoms with Gasteiger partial charge in [0.2, 0.25) is 0 Å². The Morgan fingerprint density at radius 3 is 2.58 bits per heavy atom. The quantitative estimate of drug-likeness (QED) is 0.852. The molecule has 1 fully saturated rings. The van der Waals surface area contributed by atoms with Crippen LogP contribution >= 0.6 is 0 Å². The van der Waals surface area contributed by atoms with Crippen LogP contribution in [0.4, 0.5) is 0 Å². The van der Waals surface area contributed by atoms with E-state index in [2.05, 4.69) is 37.4 Å². The van der Waals surface area contributed by atoms with Gasteiger partial charge in [0.25, 0.3) is 0 Å². The van der Waals surface area contributed by atoms with Crippen molar-refractivity contribution in [2.45, 2.75) is 58.5 Å². The molecule has 2 rings (SSSR count). The number of ether oxygens (including phenoxy) is 1.